The zero-order valence-corrected chi connectivity index (χ0v) is 16.4. The van der Waals surface area contributed by atoms with Gasteiger partial charge in [-0.05, 0) is 40.0 Å². The summed E-state index contributed by atoms with van der Waals surface area (Å²) in [5.74, 6) is 0.678. The molecule has 0 saturated carbocycles. The molecule has 1 unspecified atom stereocenters. The molecule has 0 spiro atoms. The first-order valence-corrected chi connectivity index (χ1v) is 9.77. The summed E-state index contributed by atoms with van der Waals surface area (Å²) in [7, 11) is 0. The lowest BCUT2D eigenvalue weighted by Crippen LogP contribution is -2.34. The highest BCUT2D eigenvalue weighted by Gasteiger charge is 2.18. The van der Waals surface area contributed by atoms with Crippen LogP contribution in [0.15, 0.2) is 11.1 Å². The second-order valence-electron chi connectivity index (χ2n) is 7.90. The zero-order valence-electron chi connectivity index (χ0n) is 16.4. The molecule has 2 N–H and O–H groups in total. The lowest BCUT2D eigenvalue weighted by molar-refractivity contribution is 0.505. The zero-order chi connectivity index (χ0) is 17.0. The predicted molar refractivity (Wildman–Crippen MR) is 102 cm³/mol. The van der Waals surface area contributed by atoms with E-state index in [9.17, 15) is 0 Å². The Morgan fingerprint density at radius 1 is 0.818 bits per heavy atom. The van der Waals surface area contributed by atoms with Crippen molar-refractivity contribution in [2.45, 2.75) is 118 Å². The van der Waals surface area contributed by atoms with E-state index < -0.39 is 0 Å². The highest BCUT2D eigenvalue weighted by molar-refractivity contribution is 5.21. The molecule has 0 rings (SSSR count). The van der Waals surface area contributed by atoms with Crippen LogP contribution in [0, 0.1) is 5.92 Å². The van der Waals surface area contributed by atoms with Crippen LogP contribution < -0.4 is 5.73 Å². The minimum atomic E-state index is -0.171. The minimum absolute atomic E-state index is 0.171. The Morgan fingerprint density at radius 2 is 1.23 bits per heavy atom. The highest BCUT2D eigenvalue weighted by atomic mass is 14.7. The minimum Gasteiger partial charge on any atom is -0.322 e. The number of allylic oxidation sites excluding steroid dienone is 1. The molecule has 1 nitrogen and oxygen atoms in total. The van der Waals surface area contributed by atoms with Gasteiger partial charge in [-0.1, -0.05) is 89.2 Å². The van der Waals surface area contributed by atoms with Crippen molar-refractivity contribution in [3.63, 3.8) is 0 Å². The van der Waals surface area contributed by atoms with Crippen molar-refractivity contribution in [3.05, 3.63) is 11.1 Å². The lowest BCUT2D eigenvalue weighted by atomic mass is 9.85. The van der Waals surface area contributed by atoms with Gasteiger partial charge in [-0.25, -0.2) is 0 Å². The summed E-state index contributed by atoms with van der Waals surface area (Å²) >= 11 is 0. The molecule has 0 aliphatic heterocycles. The third-order valence-electron chi connectivity index (χ3n) is 5.29. The maximum Gasteiger partial charge on any atom is 0.0311 e. The third kappa shape index (κ3) is 10.4. The fraction of sp³-hybridized carbons (Fsp3) is 0.905. The SMILES string of the molecule is CCCCCCCCCCCCC(C)/C(C)=C(\C)C(C)(C)N. The topological polar surface area (TPSA) is 26.0 Å². The standard InChI is InChI=1S/C21H43N/c1-7-8-9-10-11-12-13-14-15-16-17-18(2)19(3)20(4)21(5,6)22/h18H,7-17,22H2,1-6H3/b20-19+. The van der Waals surface area contributed by atoms with Crippen LogP contribution in [0.1, 0.15) is 112 Å². The van der Waals surface area contributed by atoms with E-state index in [1.165, 1.54) is 81.8 Å². The van der Waals surface area contributed by atoms with E-state index in [2.05, 4.69) is 41.5 Å². The average Bonchev–Trinajstić information content (AvgIpc) is 2.46. The van der Waals surface area contributed by atoms with Gasteiger partial charge in [-0.2, -0.15) is 0 Å². The van der Waals surface area contributed by atoms with Crippen molar-refractivity contribution < 1.29 is 0 Å². The normalized spacial score (nSPS) is 14.9. The van der Waals surface area contributed by atoms with Crippen LogP contribution in [-0.4, -0.2) is 5.54 Å². The van der Waals surface area contributed by atoms with Crippen LogP contribution in [0.2, 0.25) is 0 Å². The Bertz CT molecular complexity index is 296. The van der Waals surface area contributed by atoms with Gasteiger partial charge in [0.2, 0.25) is 0 Å². The van der Waals surface area contributed by atoms with E-state index in [0.717, 1.165) is 0 Å². The maximum atomic E-state index is 6.21. The van der Waals surface area contributed by atoms with Gasteiger partial charge in [-0.3, -0.25) is 0 Å². The van der Waals surface area contributed by atoms with Gasteiger partial charge in [0, 0.05) is 5.54 Å². The largest absolute Gasteiger partial charge is 0.322 e. The van der Waals surface area contributed by atoms with Gasteiger partial charge in [-0.15, -0.1) is 0 Å². The number of rotatable bonds is 13. The molecule has 132 valence electrons. The molecule has 0 aliphatic rings. The van der Waals surface area contributed by atoms with Crippen LogP contribution >= 0.6 is 0 Å². The van der Waals surface area contributed by atoms with E-state index in [1.54, 1.807) is 0 Å². The summed E-state index contributed by atoms with van der Waals surface area (Å²) in [6.07, 6.45) is 15.5. The van der Waals surface area contributed by atoms with Crippen LogP contribution in [0.25, 0.3) is 0 Å². The van der Waals surface area contributed by atoms with E-state index in [1.807, 2.05) is 0 Å². The molecule has 22 heavy (non-hydrogen) atoms. The molecular weight excluding hydrogens is 266 g/mol. The van der Waals surface area contributed by atoms with Gasteiger partial charge in [0.25, 0.3) is 0 Å². The summed E-state index contributed by atoms with van der Waals surface area (Å²) in [5, 5.41) is 0. The third-order valence-corrected chi connectivity index (χ3v) is 5.29. The van der Waals surface area contributed by atoms with Gasteiger partial charge in [0.1, 0.15) is 0 Å². The fourth-order valence-electron chi connectivity index (χ4n) is 3.03. The summed E-state index contributed by atoms with van der Waals surface area (Å²) in [5.41, 5.74) is 8.91. The summed E-state index contributed by atoms with van der Waals surface area (Å²) < 4.78 is 0. The molecule has 0 amide bonds. The summed E-state index contributed by atoms with van der Waals surface area (Å²) in [6.45, 7) is 13.3. The fourth-order valence-corrected chi connectivity index (χ4v) is 3.03. The van der Waals surface area contributed by atoms with Crippen molar-refractivity contribution >= 4 is 0 Å². The predicted octanol–water partition coefficient (Wildman–Crippen LogP) is 7.01. The van der Waals surface area contributed by atoms with Crippen molar-refractivity contribution in [3.8, 4) is 0 Å². The quantitative estimate of drug-likeness (QED) is 0.287. The van der Waals surface area contributed by atoms with Crippen molar-refractivity contribution in [2.75, 3.05) is 0 Å². The first kappa shape index (κ1) is 21.7. The van der Waals surface area contributed by atoms with E-state index in [4.69, 9.17) is 5.73 Å². The average molecular weight is 310 g/mol. The van der Waals surface area contributed by atoms with Crippen LogP contribution in [0.4, 0.5) is 0 Å². The number of hydrogen-bond donors (Lipinski definition) is 1. The van der Waals surface area contributed by atoms with Crippen molar-refractivity contribution in [1.29, 1.82) is 0 Å². The number of unbranched alkanes of at least 4 members (excludes halogenated alkanes) is 9. The van der Waals surface area contributed by atoms with Crippen LogP contribution in [-0.2, 0) is 0 Å². The Kier molecular flexibility index (Phi) is 12.0. The van der Waals surface area contributed by atoms with Gasteiger partial charge >= 0.3 is 0 Å². The first-order chi connectivity index (χ1) is 10.3. The summed E-state index contributed by atoms with van der Waals surface area (Å²) in [6, 6.07) is 0. The molecular formula is C21H43N. The second-order valence-corrected chi connectivity index (χ2v) is 7.90. The Hall–Kier alpha value is -0.300. The lowest BCUT2D eigenvalue weighted by Gasteiger charge is -2.25. The molecule has 0 heterocycles. The van der Waals surface area contributed by atoms with Crippen molar-refractivity contribution in [1.82, 2.24) is 0 Å². The number of hydrogen-bond acceptors (Lipinski definition) is 1. The molecule has 0 aliphatic carbocycles. The molecule has 0 fully saturated rings. The molecule has 0 radical (unpaired) electrons. The molecule has 0 bridgehead atoms. The molecule has 0 aromatic heterocycles. The second kappa shape index (κ2) is 12.2. The molecule has 1 heteroatoms. The van der Waals surface area contributed by atoms with Crippen molar-refractivity contribution in [2.24, 2.45) is 11.7 Å². The molecule has 0 aromatic carbocycles. The van der Waals surface area contributed by atoms with Gasteiger partial charge in [0.05, 0.1) is 0 Å². The van der Waals surface area contributed by atoms with Gasteiger partial charge in [0.15, 0.2) is 0 Å². The monoisotopic (exact) mass is 309 g/mol. The Balaban J connectivity index is 3.67. The Labute approximate surface area is 141 Å². The maximum absolute atomic E-state index is 6.21. The summed E-state index contributed by atoms with van der Waals surface area (Å²) in [4.78, 5) is 0. The molecule has 0 aromatic rings. The van der Waals surface area contributed by atoms with E-state index in [-0.39, 0.29) is 5.54 Å². The Morgan fingerprint density at radius 3 is 1.64 bits per heavy atom. The van der Waals surface area contributed by atoms with Crippen LogP contribution in [0.3, 0.4) is 0 Å². The highest BCUT2D eigenvalue weighted by Crippen LogP contribution is 2.25. The van der Waals surface area contributed by atoms with E-state index in [0.29, 0.717) is 5.92 Å². The smallest absolute Gasteiger partial charge is 0.0311 e. The van der Waals surface area contributed by atoms with Crippen LogP contribution in [0.5, 0.6) is 0 Å². The number of nitrogens with two attached hydrogens (primary N) is 1. The van der Waals surface area contributed by atoms with E-state index >= 15 is 0 Å². The molecule has 0 saturated heterocycles. The van der Waals surface area contributed by atoms with Gasteiger partial charge < -0.3 is 5.73 Å². The molecule has 1 atom stereocenters. The first-order valence-electron chi connectivity index (χ1n) is 9.77.